The highest BCUT2D eigenvalue weighted by Crippen LogP contribution is 2.15. The number of fused-ring (bicyclic) bond motifs is 1. The lowest BCUT2D eigenvalue weighted by Crippen LogP contribution is -2.28. The van der Waals surface area contributed by atoms with Crippen molar-refractivity contribution < 1.29 is 9.63 Å². The zero-order valence-electron chi connectivity index (χ0n) is 9.22. The number of hydrogen-bond acceptors (Lipinski definition) is 4. The summed E-state index contributed by atoms with van der Waals surface area (Å²) in [7, 11) is 0. The van der Waals surface area contributed by atoms with E-state index < -0.39 is 0 Å². The number of amides is 1. The van der Waals surface area contributed by atoms with E-state index in [1.54, 1.807) is 6.20 Å². The van der Waals surface area contributed by atoms with Crippen molar-refractivity contribution in [2.24, 2.45) is 5.90 Å². The average Bonchev–Trinajstić information content (AvgIpc) is 2.36. The van der Waals surface area contributed by atoms with E-state index in [4.69, 9.17) is 5.90 Å². The van der Waals surface area contributed by atoms with Crippen LogP contribution < -0.4 is 11.2 Å². The number of aromatic nitrogens is 1. The molecule has 2 aromatic rings. The van der Waals surface area contributed by atoms with Crippen LogP contribution in [0.4, 0.5) is 0 Å². The molecule has 3 N–H and O–H groups in total. The summed E-state index contributed by atoms with van der Waals surface area (Å²) >= 11 is 0. The minimum Gasteiger partial charge on any atom is -0.350 e. The van der Waals surface area contributed by atoms with Crippen LogP contribution >= 0.6 is 0 Å². The number of hydrogen-bond donors (Lipinski definition) is 2. The van der Waals surface area contributed by atoms with Crippen molar-refractivity contribution in [3.05, 3.63) is 42.1 Å². The van der Waals surface area contributed by atoms with E-state index in [1.165, 1.54) is 0 Å². The first-order valence-electron chi connectivity index (χ1n) is 5.22. The molecule has 1 amide bonds. The third-order valence-corrected chi connectivity index (χ3v) is 2.43. The van der Waals surface area contributed by atoms with Crippen LogP contribution in [-0.4, -0.2) is 17.5 Å². The van der Waals surface area contributed by atoms with Gasteiger partial charge in [-0.2, -0.15) is 0 Å². The number of pyridine rings is 1. The van der Waals surface area contributed by atoms with E-state index in [0.717, 1.165) is 16.5 Å². The minimum atomic E-state index is -0.242. The predicted molar refractivity (Wildman–Crippen MR) is 63.7 cm³/mol. The lowest BCUT2D eigenvalue weighted by Gasteiger charge is -2.07. The molecule has 0 radical (unpaired) electrons. The molecule has 0 atom stereocenters. The van der Waals surface area contributed by atoms with Gasteiger partial charge in [0.25, 0.3) is 0 Å². The van der Waals surface area contributed by atoms with Crippen LogP contribution in [0, 0.1) is 0 Å². The summed E-state index contributed by atoms with van der Waals surface area (Å²) in [6, 6.07) is 9.66. The molecule has 0 fully saturated rings. The van der Waals surface area contributed by atoms with Crippen LogP contribution in [0.15, 0.2) is 36.5 Å². The lowest BCUT2D eigenvalue weighted by atomic mass is 10.1. The summed E-state index contributed by atoms with van der Waals surface area (Å²) in [5.41, 5.74) is 1.93. The molecule has 1 aromatic heterocycles. The number of nitrogens with one attached hydrogen (secondary N) is 1. The first kappa shape index (κ1) is 11.5. The quantitative estimate of drug-likeness (QED) is 0.761. The Hall–Kier alpha value is -1.98. The number of rotatable bonds is 4. The predicted octanol–water partition coefficient (Wildman–Crippen LogP) is 0.741. The van der Waals surface area contributed by atoms with Crippen LogP contribution in [0.2, 0.25) is 0 Å². The number of benzene rings is 1. The number of carbonyl (C=O) groups is 1. The van der Waals surface area contributed by atoms with Gasteiger partial charge in [0.1, 0.15) is 6.61 Å². The molecule has 0 saturated carbocycles. The Morgan fingerprint density at radius 1 is 1.35 bits per heavy atom. The summed E-state index contributed by atoms with van der Waals surface area (Å²) in [5.74, 6) is 4.58. The molecule has 88 valence electrons. The average molecular weight is 231 g/mol. The van der Waals surface area contributed by atoms with Crippen molar-refractivity contribution in [3.8, 4) is 0 Å². The van der Waals surface area contributed by atoms with Crippen molar-refractivity contribution in [1.82, 2.24) is 10.3 Å². The van der Waals surface area contributed by atoms with Gasteiger partial charge in [0, 0.05) is 18.1 Å². The van der Waals surface area contributed by atoms with Gasteiger partial charge in [-0.3, -0.25) is 14.6 Å². The molecule has 5 heteroatoms. The molecule has 0 unspecified atom stereocenters. The highest BCUT2D eigenvalue weighted by molar-refractivity contribution is 5.83. The maximum absolute atomic E-state index is 11.2. The second-order valence-corrected chi connectivity index (χ2v) is 3.57. The zero-order valence-corrected chi connectivity index (χ0v) is 9.22. The summed E-state index contributed by atoms with van der Waals surface area (Å²) < 4.78 is 0. The van der Waals surface area contributed by atoms with Crippen molar-refractivity contribution in [2.45, 2.75) is 6.54 Å². The van der Waals surface area contributed by atoms with Crippen molar-refractivity contribution in [2.75, 3.05) is 6.61 Å². The fourth-order valence-corrected chi connectivity index (χ4v) is 1.63. The molecule has 2 rings (SSSR count). The molecule has 0 aliphatic rings. The molecule has 0 spiro atoms. The smallest absolute Gasteiger partial charge is 0.248 e. The van der Waals surface area contributed by atoms with Crippen LogP contribution in [0.25, 0.3) is 10.9 Å². The SMILES string of the molecule is NOCC(=O)NCc1ccnc2ccccc12. The summed E-state index contributed by atoms with van der Waals surface area (Å²) in [5, 5.41) is 3.75. The van der Waals surface area contributed by atoms with Gasteiger partial charge in [0.2, 0.25) is 5.91 Å². The van der Waals surface area contributed by atoms with E-state index in [2.05, 4.69) is 15.1 Å². The molecular formula is C12H13N3O2. The molecule has 1 heterocycles. The van der Waals surface area contributed by atoms with E-state index in [-0.39, 0.29) is 12.5 Å². The van der Waals surface area contributed by atoms with E-state index in [9.17, 15) is 4.79 Å². The number of nitrogens with zero attached hydrogens (tertiary/aromatic N) is 1. The largest absolute Gasteiger partial charge is 0.350 e. The van der Waals surface area contributed by atoms with Gasteiger partial charge in [-0.15, -0.1) is 0 Å². The normalized spacial score (nSPS) is 10.4. The third kappa shape index (κ3) is 2.77. The summed E-state index contributed by atoms with van der Waals surface area (Å²) in [4.78, 5) is 19.7. The Labute approximate surface area is 98.5 Å². The van der Waals surface area contributed by atoms with Gasteiger partial charge in [-0.1, -0.05) is 18.2 Å². The number of para-hydroxylation sites is 1. The molecule has 0 bridgehead atoms. The number of carbonyl (C=O) groups excluding carboxylic acids is 1. The Morgan fingerprint density at radius 3 is 3.00 bits per heavy atom. The van der Waals surface area contributed by atoms with Crippen LogP contribution in [-0.2, 0) is 16.2 Å². The Balaban J connectivity index is 2.16. The molecule has 0 aliphatic heterocycles. The Morgan fingerprint density at radius 2 is 2.18 bits per heavy atom. The van der Waals surface area contributed by atoms with Gasteiger partial charge in [0.05, 0.1) is 5.52 Å². The van der Waals surface area contributed by atoms with Crippen molar-refractivity contribution in [3.63, 3.8) is 0 Å². The first-order chi connectivity index (χ1) is 8.31. The van der Waals surface area contributed by atoms with E-state index in [1.807, 2.05) is 30.3 Å². The molecule has 5 nitrogen and oxygen atoms in total. The van der Waals surface area contributed by atoms with Crippen LogP contribution in [0.5, 0.6) is 0 Å². The highest BCUT2D eigenvalue weighted by atomic mass is 16.6. The van der Waals surface area contributed by atoms with Gasteiger partial charge in [-0.05, 0) is 17.7 Å². The maximum atomic E-state index is 11.2. The molecule has 0 saturated heterocycles. The Bertz CT molecular complexity index is 523. The van der Waals surface area contributed by atoms with E-state index in [0.29, 0.717) is 6.54 Å². The lowest BCUT2D eigenvalue weighted by molar-refractivity contribution is -0.125. The third-order valence-electron chi connectivity index (χ3n) is 2.43. The fourth-order valence-electron chi connectivity index (χ4n) is 1.63. The molecular weight excluding hydrogens is 218 g/mol. The molecule has 17 heavy (non-hydrogen) atoms. The second kappa shape index (κ2) is 5.38. The van der Waals surface area contributed by atoms with E-state index >= 15 is 0 Å². The first-order valence-corrected chi connectivity index (χ1v) is 5.22. The molecule has 1 aromatic carbocycles. The maximum Gasteiger partial charge on any atom is 0.248 e. The molecule has 0 aliphatic carbocycles. The van der Waals surface area contributed by atoms with Crippen LogP contribution in [0.3, 0.4) is 0 Å². The van der Waals surface area contributed by atoms with Gasteiger partial charge in [0.15, 0.2) is 0 Å². The zero-order chi connectivity index (χ0) is 12.1. The fraction of sp³-hybridized carbons (Fsp3) is 0.167. The second-order valence-electron chi connectivity index (χ2n) is 3.57. The summed E-state index contributed by atoms with van der Waals surface area (Å²) in [6.07, 6.45) is 1.73. The summed E-state index contributed by atoms with van der Waals surface area (Å²) in [6.45, 7) is 0.300. The topological polar surface area (TPSA) is 77.2 Å². The van der Waals surface area contributed by atoms with Crippen molar-refractivity contribution >= 4 is 16.8 Å². The minimum absolute atomic E-state index is 0.136. The van der Waals surface area contributed by atoms with Gasteiger partial charge >= 0.3 is 0 Å². The van der Waals surface area contributed by atoms with Crippen LogP contribution in [0.1, 0.15) is 5.56 Å². The van der Waals surface area contributed by atoms with Gasteiger partial charge < -0.3 is 5.32 Å². The highest BCUT2D eigenvalue weighted by Gasteiger charge is 2.03. The Kier molecular flexibility index (Phi) is 3.64. The standard InChI is InChI=1S/C12H13N3O2/c13-17-8-12(16)15-7-9-5-6-14-11-4-2-1-3-10(9)11/h1-6H,7-8,13H2,(H,15,16). The number of nitrogens with two attached hydrogens (primary N) is 1. The van der Waals surface area contributed by atoms with Crippen molar-refractivity contribution in [1.29, 1.82) is 0 Å². The monoisotopic (exact) mass is 231 g/mol. The van der Waals surface area contributed by atoms with Gasteiger partial charge in [-0.25, -0.2) is 5.90 Å².